The van der Waals surface area contributed by atoms with Crippen LogP contribution in [-0.4, -0.2) is 31.5 Å². The van der Waals surface area contributed by atoms with Gasteiger partial charge in [0.05, 0.1) is 6.54 Å². The van der Waals surface area contributed by atoms with E-state index in [9.17, 15) is 8.78 Å². The Morgan fingerprint density at radius 1 is 1.36 bits per heavy atom. The summed E-state index contributed by atoms with van der Waals surface area (Å²) in [5, 5.41) is 2.68. The molecule has 4 heteroatoms. The van der Waals surface area contributed by atoms with E-state index in [0.29, 0.717) is 6.54 Å². The molecule has 0 radical (unpaired) electrons. The first-order chi connectivity index (χ1) is 5.27. The molecule has 0 atom stereocenters. The van der Waals surface area contributed by atoms with Gasteiger partial charge in [-0.2, -0.15) is 11.8 Å². The first kappa shape index (κ1) is 11.2. The van der Waals surface area contributed by atoms with Crippen LogP contribution in [0.2, 0.25) is 0 Å². The van der Waals surface area contributed by atoms with E-state index in [-0.39, 0.29) is 6.54 Å². The van der Waals surface area contributed by atoms with Gasteiger partial charge in [0, 0.05) is 0 Å². The minimum absolute atomic E-state index is 0.167. The normalized spacial score (nSPS) is 10.9. The van der Waals surface area contributed by atoms with Gasteiger partial charge in [-0.25, -0.2) is 8.78 Å². The second kappa shape index (κ2) is 8.27. The molecule has 0 aliphatic heterocycles. The number of alkyl halides is 2. The van der Waals surface area contributed by atoms with Crippen molar-refractivity contribution in [1.82, 2.24) is 5.32 Å². The van der Waals surface area contributed by atoms with Crippen LogP contribution in [0.1, 0.15) is 12.8 Å². The standard InChI is InChI=1S/C7H15F2NS/c1-11-5-3-2-4-10-6-7(8)9/h7,10H,2-6H2,1H3. The monoisotopic (exact) mass is 183 g/mol. The van der Waals surface area contributed by atoms with Crippen molar-refractivity contribution in [2.75, 3.05) is 25.1 Å². The Kier molecular flexibility index (Phi) is 8.40. The fourth-order valence-electron chi connectivity index (χ4n) is 0.708. The van der Waals surface area contributed by atoms with E-state index in [1.54, 1.807) is 11.8 Å². The first-order valence-corrected chi connectivity index (χ1v) is 5.14. The van der Waals surface area contributed by atoms with E-state index in [1.807, 2.05) is 6.26 Å². The van der Waals surface area contributed by atoms with E-state index >= 15 is 0 Å². The fourth-order valence-corrected chi connectivity index (χ4v) is 1.20. The van der Waals surface area contributed by atoms with Gasteiger partial charge >= 0.3 is 0 Å². The van der Waals surface area contributed by atoms with Crippen LogP contribution in [0.4, 0.5) is 8.78 Å². The number of hydrogen-bond donors (Lipinski definition) is 1. The highest BCUT2D eigenvalue weighted by molar-refractivity contribution is 7.98. The average molecular weight is 183 g/mol. The van der Waals surface area contributed by atoms with Crippen molar-refractivity contribution in [2.45, 2.75) is 19.3 Å². The summed E-state index contributed by atoms with van der Waals surface area (Å²) in [6.07, 6.45) is 1.94. The lowest BCUT2D eigenvalue weighted by molar-refractivity contribution is 0.146. The molecule has 0 aromatic carbocycles. The molecular weight excluding hydrogens is 168 g/mol. The van der Waals surface area contributed by atoms with Crippen molar-refractivity contribution in [3.05, 3.63) is 0 Å². The Labute approximate surface area is 70.9 Å². The number of hydrogen-bond acceptors (Lipinski definition) is 2. The summed E-state index contributed by atoms with van der Waals surface area (Å²) in [6.45, 7) is 0.546. The summed E-state index contributed by atoms with van der Waals surface area (Å²) in [5.74, 6) is 1.12. The molecule has 0 bridgehead atoms. The molecule has 0 fully saturated rings. The topological polar surface area (TPSA) is 12.0 Å². The van der Waals surface area contributed by atoms with Gasteiger partial charge < -0.3 is 5.32 Å². The molecule has 0 aliphatic carbocycles. The van der Waals surface area contributed by atoms with Crippen molar-refractivity contribution in [3.8, 4) is 0 Å². The summed E-state index contributed by atoms with van der Waals surface area (Å²) in [7, 11) is 0. The molecule has 0 aromatic rings. The minimum atomic E-state index is -2.21. The second-order valence-corrected chi connectivity index (χ2v) is 3.28. The first-order valence-electron chi connectivity index (χ1n) is 3.75. The van der Waals surface area contributed by atoms with E-state index in [0.717, 1.165) is 18.6 Å². The molecule has 0 spiro atoms. The Balaban J connectivity index is 2.80. The zero-order valence-electron chi connectivity index (χ0n) is 6.78. The summed E-state index contributed by atoms with van der Waals surface area (Å²) in [4.78, 5) is 0. The Bertz CT molecular complexity index is 80.8. The summed E-state index contributed by atoms with van der Waals surface area (Å²) in [5.41, 5.74) is 0. The third kappa shape index (κ3) is 10.2. The largest absolute Gasteiger partial charge is 0.311 e. The number of nitrogens with one attached hydrogen (secondary N) is 1. The van der Waals surface area contributed by atoms with Gasteiger partial charge in [-0.05, 0) is 31.4 Å². The van der Waals surface area contributed by atoms with Crippen molar-refractivity contribution < 1.29 is 8.78 Å². The predicted molar refractivity (Wildman–Crippen MR) is 46.5 cm³/mol. The molecule has 0 amide bonds. The SMILES string of the molecule is CSCCCCNCC(F)F. The average Bonchev–Trinajstić information content (AvgIpc) is 1.96. The third-order valence-electron chi connectivity index (χ3n) is 1.25. The van der Waals surface area contributed by atoms with E-state index in [4.69, 9.17) is 0 Å². The maximum Gasteiger partial charge on any atom is 0.250 e. The van der Waals surface area contributed by atoms with Gasteiger partial charge in [0.15, 0.2) is 0 Å². The molecule has 0 saturated carbocycles. The van der Waals surface area contributed by atoms with Crippen LogP contribution in [0, 0.1) is 0 Å². The minimum Gasteiger partial charge on any atom is -0.311 e. The zero-order valence-corrected chi connectivity index (χ0v) is 7.59. The third-order valence-corrected chi connectivity index (χ3v) is 1.95. The highest BCUT2D eigenvalue weighted by atomic mass is 32.2. The van der Waals surface area contributed by atoms with Gasteiger partial charge in [-0.3, -0.25) is 0 Å². The van der Waals surface area contributed by atoms with E-state index in [2.05, 4.69) is 5.32 Å². The second-order valence-electron chi connectivity index (χ2n) is 2.30. The van der Waals surface area contributed by atoms with Gasteiger partial charge in [0.1, 0.15) is 0 Å². The fraction of sp³-hybridized carbons (Fsp3) is 1.00. The lowest BCUT2D eigenvalue weighted by Gasteiger charge is -2.02. The van der Waals surface area contributed by atoms with Crippen LogP contribution < -0.4 is 5.32 Å². The van der Waals surface area contributed by atoms with Gasteiger partial charge in [-0.15, -0.1) is 0 Å². The predicted octanol–water partition coefficient (Wildman–Crippen LogP) is 1.98. The summed E-state index contributed by atoms with van der Waals surface area (Å²) >= 11 is 1.79. The number of rotatable bonds is 7. The number of unbranched alkanes of at least 4 members (excludes halogenated alkanes) is 1. The highest BCUT2D eigenvalue weighted by Crippen LogP contribution is 1.97. The van der Waals surface area contributed by atoms with Crippen molar-refractivity contribution in [1.29, 1.82) is 0 Å². The Hall–Kier alpha value is 0.170. The smallest absolute Gasteiger partial charge is 0.250 e. The zero-order chi connectivity index (χ0) is 8.53. The molecule has 1 N–H and O–H groups in total. The van der Waals surface area contributed by atoms with Gasteiger partial charge in [0.2, 0.25) is 0 Å². The molecule has 1 nitrogen and oxygen atoms in total. The van der Waals surface area contributed by atoms with Crippen LogP contribution in [0.3, 0.4) is 0 Å². The quantitative estimate of drug-likeness (QED) is 0.606. The molecule has 0 rings (SSSR count). The van der Waals surface area contributed by atoms with Crippen LogP contribution in [0.5, 0.6) is 0 Å². The number of halogens is 2. The molecular formula is C7H15F2NS. The Morgan fingerprint density at radius 3 is 2.64 bits per heavy atom. The van der Waals surface area contributed by atoms with Crippen molar-refractivity contribution in [3.63, 3.8) is 0 Å². The van der Waals surface area contributed by atoms with Gasteiger partial charge in [-0.1, -0.05) is 0 Å². The Morgan fingerprint density at radius 2 is 2.09 bits per heavy atom. The van der Waals surface area contributed by atoms with Crippen molar-refractivity contribution >= 4 is 11.8 Å². The lowest BCUT2D eigenvalue weighted by Crippen LogP contribution is -2.22. The van der Waals surface area contributed by atoms with Crippen LogP contribution in [0.25, 0.3) is 0 Å². The molecule has 0 aromatic heterocycles. The molecule has 0 heterocycles. The van der Waals surface area contributed by atoms with Crippen molar-refractivity contribution in [2.24, 2.45) is 0 Å². The highest BCUT2D eigenvalue weighted by Gasteiger charge is 1.98. The van der Waals surface area contributed by atoms with Gasteiger partial charge in [0.25, 0.3) is 6.43 Å². The summed E-state index contributed by atoms with van der Waals surface area (Å²) < 4.78 is 23.1. The summed E-state index contributed by atoms with van der Waals surface area (Å²) in [6, 6.07) is 0. The molecule has 0 unspecified atom stereocenters. The van der Waals surface area contributed by atoms with Crippen LogP contribution in [-0.2, 0) is 0 Å². The molecule has 11 heavy (non-hydrogen) atoms. The maximum absolute atomic E-state index is 11.5. The number of thioether (sulfide) groups is 1. The maximum atomic E-state index is 11.5. The lowest BCUT2D eigenvalue weighted by atomic mass is 10.3. The molecule has 0 saturated heterocycles. The van der Waals surface area contributed by atoms with E-state index in [1.165, 1.54) is 0 Å². The van der Waals surface area contributed by atoms with E-state index < -0.39 is 6.43 Å². The van der Waals surface area contributed by atoms with Crippen LogP contribution >= 0.6 is 11.8 Å². The molecule has 0 aliphatic rings. The van der Waals surface area contributed by atoms with Crippen LogP contribution in [0.15, 0.2) is 0 Å². The molecule has 68 valence electrons.